The number of benzene rings is 2. The number of piperidine rings is 1. The maximum absolute atomic E-state index is 12.9. The fourth-order valence-corrected chi connectivity index (χ4v) is 5.42. The summed E-state index contributed by atoms with van der Waals surface area (Å²) in [6.07, 6.45) is 1.86. The van der Waals surface area contributed by atoms with Gasteiger partial charge in [0.05, 0.1) is 24.7 Å². The molecule has 11 heteroatoms. The third-order valence-electron chi connectivity index (χ3n) is 5.66. The van der Waals surface area contributed by atoms with Gasteiger partial charge < -0.3 is 13.9 Å². The number of carbonyl (C=O) groups excluding carboxylic acids is 1. The second kappa shape index (κ2) is 9.82. The summed E-state index contributed by atoms with van der Waals surface area (Å²) in [5.74, 6) is 1.03. The Labute approximate surface area is 197 Å². The molecule has 3 aromatic rings. The lowest BCUT2D eigenvalue weighted by atomic mass is 10.0. The van der Waals surface area contributed by atoms with Gasteiger partial charge in [-0.25, -0.2) is 8.42 Å². The van der Waals surface area contributed by atoms with Crippen molar-refractivity contribution < 1.29 is 27.1 Å². The average molecular weight is 487 g/mol. The Bertz CT molecular complexity index is 1270. The summed E-state index contributed by atoms with van der Waals surface area (Å²) in [5.41, 5.74) is 0.765. The molecule has 10 nitrogen and oxygen atoms in total. The molecule has 0 spiro atoms. The summed E-state index contributed by atoms with van der Waals surface area (Å²) >= 11 is 0. The Morgan fingerprint density at radius 2 is 1.88 bits per heavy atom. The molecule has 1 aliphatic rings. The van der Waals surface area contributed by atoms with E-state index >= 15 is 0 Å². The van der Waals surface area contributed by atoms with Crippen LogP contribution in [-0.2, 0) is 10.0 Å². The van der Waals surface area contributed by atoms with Crippen LogP contribution in [0.15, 0.2) is 51.8 Å². The van der Waals surface area contributed by atoms with Crippen molar-refractivity contribution in [1.82, 2.24) is 14.5 Å². The summed E-state index contributed by atoms with van der Waals surface area (Å²) in [5, 5.41) is 10.4. The number of sulfonamides is 1. The van der Waals surface area contributed by atoms with Crippen molar-refractivity contribution in [3.05, 3.63) is 48.0 Å². The van der Waals surface area contributed by atoms with Gasteiger partial charge in [0.15, 0.2) is 0 Å². The Morgan fingerprint density at radius 1 is 1.12 bits per heavy atom. The molecule has 1 atom stereocenters. The van der Waals surface area contributed by atoms with Crippen molar-refractivity contribution in [2.45, 2.75) is 24.7 Å². The third-order valence-corrected chi connectivity index (χ3v) is 7.54. The highest BCUT2D eigenvalue weighted by Crippen LogP contribution is 2.33. The number of nitrogens with zero attached hydrogens (tertiary/aromatic N) is 3. The van der Waals surface area contributed by atoms with E-state index in [1.165, 1.54) is 42.8 Å². The first-order chi connectivity index (χ1) is 16.3. The Balaban J connectivity index is 1.48. The second-order valence-corrected chi connectivity index (χ2v) is 10.0. The molecule has 0 saturated carbocycles. The average Bonchev–Trinajstić information content (AvgIpc) is 3.32. The maximum atomic E-state index is 12.9. The highest BCUT2D eigenvalue weighted by atomic mass is 32.2. The topological polar surface area (TPSA) is 124 Å². The van der Waals surface area contributed by atoms with Crippen LogP contribution in [0.3, 0.4) is 0 Å². The second-order valence-electron chi connectivity index (χ2n) is 8.07. The Kier molecular flexibility index (Phi) is 6.85. The van der Waals surface area contributed by atoms with Crippen LogP contribution in [0.4, 0.5) is 6.01 Å². The van der Waals surface area contributed by atoms with E-state index < -0.39 is 15.9 Å². The van der Waals surface area contributed by atoms with Crippen molar-refractivity contribution in [3.8, 4) is 23.0 Å². The third kappa shape index (κ3) is 4.90. The van der Waals surface area contributed by atoms with Crippen LogP contribution >= 0.6 is 0 Å². The normalized spacial score (nSPS) is 16.7. The molecule has 1 N–H and O–H groups in total. The predicted molar refractivity (Wildman–Crippen MR) is 124 cm³/mol. The van der Waals surface area contributed by atoms with Gasteiger partial charge in [0.1, 0.15) is 11.5 Å². The van der Waals surface area contributed by atoms with Gasteiger partial charge in [-0.1, -0.05) is 12.0 Å². The van der Waals surface area contributed by atoms with Crippen LogP contribution < -0.4 is 14.8 Å². The molecular weight excluding hydrogens is 460 g/mol. The van der Waals surface area contributed by atoms with Crippen molar-refractivity contribution in [1.29, 1.82) is 0 Å². The SMILES string of the molecule is COc1ccc(OC)c(-c2nnc(NC(=O)c3ccc(S(=O)(=O)N4CCC[C@H](C)C4)cc3)o2)c1. The van der Waals surface area contributed by atoms with E-state index in [1.54, 1.807) is 18.2 Å². The zero-order valence-electron chi connectivity index (χ0n) is 19.1. The van der Waals surface area contributed by atoms with Crippen LogP contribution in [-0.4, -0.2) is 56.1 Å². The molecule has 1 amide bonds. The zero-order valence-corrected chi connectivity index (χ0v) is 20.0. The van der Waals surface area contributed by atoms with E-state index in [9.17, 15) is 13.2 Å². The highest BCUT2D eigenvalue weighted by molar-refractivity contribution is 7.89. The fraction of sp³-hybridized carbons (Fsp3) is 0.348. The van der Waals surface area contributed by atoms with Crippen molar-refractivity contribution in [2.24, 2.45) is 5.92 Å². The first-order valence-corrected chi connectivity index (χ1v) is 12.2. The lowest BCUT2D eigenvalue weighted by Gasteiger charge is -2.30. The molecule has 4 rings (SSSR count). The molecule has 1 aromatic heterocycles. The first kappa shape index (κ1) is 23.7. The number of carbonyl (C=O) groups is 1. The minimum absolute atomic E-state index is 0.108. The van der Waals surface area contributed by atoms with E-state index in [2.05, 4.69) is 15.5 Å². The Morgan fingerprint density at radius 3 is 2.56 bits per heavy atom. The van der Waals surface area contributed by atoms with E-state index in [1.807, 2.05) is 6.92 Å². The summed E-state index contributed by atoms with van der Waals surface area (Å²) in [4.78, 5) is 12.8. The molecule has 1 saturated heterocycles. The molecule has 0 radical (unpaired) electrons. The zero-order chi connectivity index (χ0) is 24.3. The number of nitrogens with one attached hydrogen (secondary N) is 1. The maximum Gasteiger partial charge on any atom is 0.322 e. The van der Waals surface area contributed by atoms with Gasteiger partial charge in [-0.3, -0.25) is 10.1 Å². The van der Waals surface area contributed by atoms with Crippen molar-refractivity contribution in [2.75, 3.05) is 32.6 Å². The summed E-state index contributed by atoms with van der Waals surface area (Å²) in [6, 6.07) is 10.8. The molecule has 180 valence electrons. The molecule has 1 fully saturated rings. The molecule has 0 bridgehead atoms. The molecule has 34 heavy (non-hydrogen) atoms. The minimum Gasteiger partial charge on any atom is -0.497 e. The number of aromatic nitrogens is 2. The largest absolute Gasteiger partial charge is 0.497 e. The Hall–Kier alpha value is -3.44. The van der Waals surface area contributed by atoms with Crippen LogP contribution in [0.2, 0.25) is 0 Å². The van der Waals surface area contributed by atoms with Gasteiger partial charge in [0, 0.05) is 18.7 Å². The van der Waals surface area contributed by atoms with Crippen molar-refractivity contribution in [3.63, 3.8) is 0 Å². The molecule has 0 aliphatic carbocycles. The summed E-state index contributed by atoms with van der Waals surface area (Å²) in [6.45, 7) is 3.05. The van der Waals surface area contributed by atoms with Gasteiger partial charge in [-0.15, -0.1) is 5.10 Å². The van der Waals surface area contributed by atoms with Crippen LogP contribution in [0.1, 0.15) is 30.1 Å². The summed E-state index contributed by atoms with van der Waals surface area (Å²) < 4.78 is 43.5. The van der Waals surface area contributed by atoms with E-state index in [-0.39, 0.29) is 22.4 Å². The van der Waals surface area contributed by atoms with E-state index in [0.29, 0.717) is 36.1 Å². The van der Waals surface area contributed by atoms with Gasteiger partial charge in [-0.2, -0.15) is 4.31 Å². The highest BCUT2D eigenvalue weighted by Gasteiger charge is 2.28. The van der Waals surface area contributed by atoms with Crippen LogP contribution in [0.25, 0.3) is 11.5 Å². The standard InChI is InChI=1S/C23H26N4O6S/c1-15-5-4-12-27(14-15)34(29,30)18-9-6-16(7-10-18)21(28)24-23-26-25-22(33-23)19-13-17(31-2)8-11-20(19)32-3/h6-11,13,15H,4-5,12,14H2,1-3H3,(H,24,26,28)/t15-/m0/s1. The number of hydrogen-bond donors (Lipinski definition) is 1. The van der Waals surface area contributed by atoms with Gasteiger partial charge >= 0.3 is 6.01 Å². The molecular formula is C23H26N4O6S. The molecule has 2 aromatic carbocycles. The number of rotatable bonds is 7. The molecule has 2 heterocycles. The number of ether oxygens (including phenoxy) is 2. The smallest absolute Gasteiger partial charge is 0.322 e. The van der Waals surface area contributed by atoms with Crippen LogP contribution in [0, 0.1) is 5.92 Å². The van der Waals surface area contributed by atoms with E-state index in [4.69, 9.17) is 13.9 Å². The number of anilines is 1. The molecule has 1 aliphatic heterocycles. The lowest BCUT2D eigenvalue weighted by Crippen LogP contribution is -2.39. The van der Waals surface area contributed by atoms with Gasteiger partial charge in [-0.05, 0) is 61.2 Å². The molecule has 0 unspecified atom stereocenters. The van der Waals surface area contributed by atoms with Crippen LogP contribution in [0.5, 0.6) is 11.5 Å². The van der Waals surface area contributed by atoms with Crippen molar-refractivity contribution >= 4 is 21.9 Å². The number of amides is 1. The van der Waals surface area contributed by atoms with Gasteiger partial charge in [0.25, 0.3) is 11.8 Å². The predicted octanol–water partition coefficient (Wildman–Crippen LogP) is 3.43. The summed E-state index contributed by atoms with van der Waals surface area (Å²) in [7, 11) is -0.547. The lowest BCUT2D eigenvalue weighted by molar-refractivity contribution is 0.102. The number of hydrogen-bond acceptors (Lipinski definition) is 8. The first-order valence-electron chi connectivity index (χ1n) is 10.8. The quantitative estimate of drug-likeness (QED) is 0.539. The number of methoxy groups -OCH3 is 2. The fourth-order valence-electron chi connectivity index (χ4n) is 3.83. The van der Waals surface area contributed by atoms with Gasteiger partial charge in [0.2, 0.25) is 10.0 Å². The minimum atomic E-state index is -3.60. The monoisotopic (exact) mass is 486 g/mol. The van der Waals surface area contributed by atoms with E-state index in [0.717, 1.165) is 12.8 Å².